The number of alkyl halides is 1. The Balaban J connectivity index is 1.54. The first kappa shape index (κ1) is 22.0. The third-order valence-electron chi connectivity index (χ3n) is 5.43. The Bertz CT molecular complexity index is 1150. The third kappa shape index (κ3) is 5.16. The van der Waals surface area contributed by atoms with Crippen molar-refractivity contribution in [1.82, 2.24) is 5.32 Å². The molecule has 1 aromatic heterocycles. The fraction of sp³-hybridized carbons (Fsp3) is 0.360. The van der Waals surface area contributed by atoms with Crippen LogP contribution < -0.4 is 21.0 Å². The van der Waals surface area contributed by atoms with Gasteiger partial charge < -0.3 is 19.8 Å². The van der Waals surface area contributed by atoms with Crippen molar-refractivity contribution in [3.05, 3.63) is 69.6 Å². The van der Waals surface area contributed by atoms with E-state index in [0.717, 1.165) is 18.5 Å². The van der Waals surface area contributed by atoms with E-state index in [0.29, 0.717) is 40.4 Å². The highest BCUT2D eigenvalue weighted by molar-refractivity contribution is 6.05. The molecule has 0 radical (unpaired) electrons. The Hall–Kier alpha value is -3.19. The van der Waals surface area contributed by atoms with E-state index in [9.17, 15) is 14.0 Å². The minimum absolute atomic E-state index is 0.0671. The van der Waals surface area contributed by atoms with Crippen LogP contribution in [0.15, 0.2) is 51.7 Å². The molecule has 3 aromatic rings. The molecule has 168 valence electrons. The maximum Gasteiger partial charge on any atom is 0.349 e. The summed E-state index contributed by atoms with van der Waals surface area (Å²) in [5.41, 5.74) is 2.02. The molecular weight excluding hydrogens is 411 g/mol. The summed E-state index contributed by atoms with van der Waals surface area (Å²) in [6.07, 6.45) is 3.86. The topological polar surface area (TPSA) is 80.6 Å². The Morgan fingerprint density at radius 3 is 2.66 bits per heavy atom. The third-order valence-corrected chi connectivity index (χ3v) is 5.43. The van der Waals surface area contributed by atoms with E-state index in [-0.39, 0.29) is 12.2 Å². The highest BCUT2D eigenvalue weighted by Crippen LogP contribution is 2.29. The van der Waals surface area contributed by atoms with Gasteiger partial charge in [0.25, 0.3) is 5.91 Å². The van der Waals surface area contributed by atoms with Gasteiger partial charge in [-0.3, -0.25) is 4.79 Å². The molecule has 0 bridgehead atoms. The van der Waals surface area contributed by atoms with Gasteiger partial charge in [0.2, 0.25) is 0 Å². The van der Waals surface area contributed by atoms with Gasteiger partial charge in [0.1, 0.15) is 30.2 Å². The molecule has 1 heterocycles. The minimum Gasteiger partial charge on any atom is -0.490 e. The Labute approximate surface area is 185 Å². The van der Waals surface area contributed by atoms with E-state index in [4.69, 9.17) is 9.15 Å². The molecule has 1 saturated carbocycles. The average molecular weight is 438 g/mol. The van der Waals surface area contributed by atoms with Crippen molar-refractivity contribution < 1.29 is 18.3 Å². The number of carbonyl (C=O) groups excluding carboxylic acids is 1. The van der Waals surface area contributed by atoms with Gasteiger partial charge in [0, 0.05) is 29.2 Å². The number of amides is 1. The van der Waals surface area contributed by atoms with Crippen LogP contribution in [0.25, 0.3) is 11.0 Å². The number of rotatable bonds is 10. The number of fused-ring (bicyclic) bond motifs is 1. The van der Waals surface area contributed by atoms with Crippen molar-refractivity contribution >= 4 is 22.6 Å². The monoisotopic (exact) mass is 438 g/mol. The van der Waals surface area contributed by atoms with E-state index in [1.165, 1.54) is 18.9 Å². The number of hydrogen-bond acceptors (Lipinski definition) is 5. The zero-order chi connectivity index (χ0) is 22.5. The van der Waals surface area contributed by atoms with Crippen molar-refractivity contribution in [3.63, 3.8) is 0 Å². The molecule has 0 unspecified atom stereocenters. The molecule has 0 spiro atoms. The Morgan fingerprint density at radius 2 is 1.97 bits per heavy atom. The molecule has 0 atom stereocenters. The van der Waals surface area contributed by atoms with E-state index in [1.807, 2.05) is 31.2 Å². The molecule has 2 N–H and O–H groups in total. The van der Waals surface area contributed by atoms with Crippen molar-refractivity contribution in [1.29, 1.82) is 0 Å². The van der Waals surface area contributed by atoms with E-state index in [1.54, 1.807) is 12.1 Å². The highest BCUT2D eigenvalue weighted by atomic mass is 19.1. The second kappa shape index (κ2) is 9.96. The molecule has 1 amide bonds. The van der Waals surface area contributed by atoms with Crippen LogP contribution in [0.5, 0.6) is 5.75 Å². The summed E-state index contributed by atoms with van der Waals surface area (Å²) in [6.45, 7) is 2.11. The fourth-order valence-corrected chi connectivity index (χ4v) is 3.61. The lowest BCUT2D eigenvalue weighted by molar-refractivity contribution is 0.102. The zero-order valence-corrected chi connectivity index (χ0v) is 18.1. The Morgan fingerprint density at radius 1 is 1.19 bits per heavy atom. The molecule has 1 fully saturated rings. The second-order valence-electron chi connectivity index (χ2n) is 8.00. The summed E-state index contributed by atoms with van der Waals surface area (Å²) in [5, 5.41) is 6.82. The number of anilines is 1. The molecule has 2 aromatic carbocycles. The minimum atomic E-state index is -0.722. The summed E-state index contributed by atoms with van der Waals surface area (Å²) in [5.74, 6) is -0.0343. The number of halogens is 1. The summed E-state index contributed by atoms with van der Waals surface area (Å²) >= 11 is 0. The normalized spacial score (nSPS) is 13.3. The lowest BCUT2D eigenvalue weighted by Crippen LogP contribution is -2.21. The molecule has 4 rings (SSSR count). The van der Waals surface area contributed by atoms with Crippen LogP contribution in [0.1, 0.15) is 47.7 Å². The fourth-order valence-electron chi connectivity index (χ4n) is 3.61. The van der Waals surface area contributed by atoms with Crippen LogP contribution in [-0.2, 0) is 13.0 Å². The van der Waals surface area contributed by atoms with Crippen LogP contribution in [0.4, 0.5) is 10.1 Å². The van der Waals surface area contributed by atoms with Crippen LogP contribution in [0.3, 0.4) is 0 Å². The van der Waals surface area contributed by atoms with Crippen LogP contribution in [-0.4, -0.2) is 25.2 Å². The number of ether oxygens (including phenoxy) is 1. The summed E-state index contributed by atoms with van der Waals surface area (Å²) in [7, 11) is 0. The molecule has 0 aliphatic heterocycles. The molecule has 0 saturated heterocycles. The number of carbonyl (C=O) groups is 1. The molecule has 32 heavy (non-hydrogen) atoms. The maximum atomic E-state index is 12.8. The highest BCUT2D eigenvalue weighted by Gasteiger charge is 2.20. The molecule has 1 aliphatic carbocycles. The largest absolute Gasteiger partial charge is 0.490 e. The molecule has 1 aliphatic rings. The Kier molecular flexibility index (Phi) is 6.85. The number of nitrogens with one attached hydrogen (secondary N) is 2. The summed E-state index contributed by atoms with van der Waals surface area (Å²) in [6, 6.07) is 13.1. The first-order valence-electron chi connectivity index (χ1n) is 11.0. The van der Waals surface area contributed by atoms with Gasteiger partial charge in [0.05, 0.1) is 0 Å². The predicted octanol–water partition coefficient (Wildman–Crippen LogP) is 4.60. The molecule has 6 nitrogen and oxygen atoms in total. The van der Waals surface area contributed by atoms with E-state index < -0.39 is 18.2 Å². The number of benzene rings is 2. The van der Waals surface area contributed by atoms with Gasteiger partial charge >= 0.3 is 5.63 Å². The van der Waals surface area contributed by atoms with Gasteiger partial charge in [-0.05, 0) is 55.2 Å². The van der Waals surface area contributed by atoms with Crippen molar-refractivity contribution in [3.8, 4) is 5.75 Å². The summed E-state index contributed by atoms with van der Waals surface area (Å²) in [4.78, 5) is 25.4. The van der Waals surface area contributed by atoms with Crippen molar-refractivity contribution in [2.75, 3.05) is 18.6 Å². The molecular formula is C25H27FN2O4. The second-order valence-corrected chi connectivity index (χ2v) is 8.00. The SMILES string of the molecule is CCCc1c(OCCF)ccc2cc(C(=O)Nc3ccc(CNC4CC4)cc3)c(=O)oc12. The average Bonchev–Trinajstić information content (AvgIpc) is 3.62. The lowest BCUT2D eigenvalue weighted by Gasteiger charge is -2.12. The quantitative estimate of drug-likeness (QED) is 0.452. The van der Waals surface area contributed by atoms with Gasteiger partial charge in [-0.1, -0.05) is 25.5 Å². The first-order chi connectivity index (χ1) is 15.6. The zero-order valence-electron chi connectivity index (χ0n) is 18.1. The van der Waals surface area contributed by atoms with Crippen LogP contribution in [0, 0.1) is 0 Å². The predicted molar refractivity (Wildman–Crippen MR) is 122 cm³/mol. The first-order valence-corrected chi connectivity index (χ1v) is 11.0. The summed E-state index contributed by atoms with van der Waals surface area (Å²) < 4.78 is 23.5. The number of aryl methyl sites for hydroxylation is 1. The standard InChI is InChI=1S/C25H27FN2O4/c1-2-3-20-22(31-13-12-26)11-6-17-14-21(25(30)32-23(17)20)24(29)28-19-7-4-16(5-8-19)15-27-18-9-10-18/h4-8,11,14,18,27H,2-3,9-10,12-13,15H2,1H3,(H,28,29). The van der Waals surface area contributed by atoms with E-state index in [2.05, 4.69) is 10.6 Å². The maximum absolute atomic E-state index is 12.8. The van der Waals surface area contributed by atoms with Crippen molar-refractivity contribution in [2.24, 2.45) is 0 Å². The smallest absolute Gasteiger partial charge is 0.349 e. The van der Waals surface area contributed by atoms with Gasteiger partial charge in [0.15, 0.2) is 0 Å². The van der Waals surface area contributed by atoms with Crippen LogP contribution in [0.2, 0.25) is 0 Å². The number of hydrogen-bond donors (Lipinski definition) is 2. The molecule has 7 heteroatoms. The van der Waals surface area contributed by atoms with Crippen molar-refractivity contribution in [2.45, 2.75) is 45.2 Å². The van der Waals surface area contributed by atoms with Crippen LogP contribution >= 0.6 is 0 Å². The van der Waals surface area contributed by atoms with Gasteiger partial charge in [-0.25, -0.2) is 9.18 Å². The lowest BCUT2D eigenvalue weighted by atomic mass is 10.0. The van der Waals surface area contributed by atoms with E-state index >= 15 is 0 Å². The van der Waals surface area contributed by atoms with Gasteiger partial charge in [-0.2, -0.15) is 0 Å². The van der Waals surface area contributed by atoms with Gasteiger partial charge in [-0.15, -0.1) is 0 Å².